The predicted molar refractivity (Wildman–Crippen MR) is 103 cm³/mol. The zero-order valence-electron chi connectivity index (χ0n) is 15.0. The van der Waals surface area contributed by atoms with E-state index in [0.717, 1.165) is 11.1 Å². The van der Waals surface area contributed by atoms with E-state index in [4.69, 9.17) is 30.4 Å². The van der Waals surface area contributed by atoms with E-state index >= 15 is 0 Å². The third kappa shape index (κ3) is 5.01. The van der Waals surface area contributed by atoms with E-state index in [2.05, 4.69) is 10.3 Å². The van der Waals surface area contributed by atoms with E-state index in [1.54, 1.807) is 31.5 Å². The first kappa shape index (κ1) is 18.8. The van der Waals surface area contributed by atoms with Crippen LogP contribution in [0.2, 0.25) is 5.02 Å². The number of rotatable bonds is 8. The molecule has 3 aromatic rings. The molecule has 0 aliphatic heterocycles. The van der Waals surface area contributed by atoms with Crippen molar-refractivity contribution < 1.29 is 18.8 Å². The Labute approximate surface area is 162 Å². The molecule has 3 rings (SSSR count). The number of oxime groups is 1. The fraction of sp³-hybridized carbons (Fsp3) is 0.200. The molecule has 0 amide bonds. The largest absolute Gasteiger partial charge is 0.493 e. The molecule has 0 N–H and O–H groups in total. The number of hydrogen-bond donors (Lipinski definition) is 0. The minimum Gasteiger partial charge on any atom is -0.493 e. The van der Waals surface area contributed by atoms with E-state index in [0.29, 0.717) is 34.6 Å². The Hall–Kier alpha value is -2.99. The monoisotopic (exact) mass is 386 g/mol. The minimum atomic E-state index is 0.172. The van der Waals surface area contributed by atoms with E-state index in [9.17, 15) is 0 Å². The first-order valence-electron chi connectivity index (χ1n) is 8.37. The lowest BCUT2D eigenvalue weighted by atomic mass is 10.1. The highest BCUT2D eigenvalue weighted by Gasteiger charge is 2.07. The molecule has 0 aliphatic rings. The lowest BCUT2D eigenvalue weighted by molar-refractivity contribution is 0.110. The highest BCUT2D eigenvalue weighted by Crippen LogP contribution is 2.27. The first-order chi connectivity index (χ1) is 13.2. The molecule has 27 heavy (non-hydrogen) atoms. The molecule has 2 aromatic carbocycles. The van der Waals surface area contributed by atoms with Crippen molar-refractivity contribution in [1.29, 1.82) is 0 Å². The van der Waals surface area contributed by atoms with Crippen LogP contribution < -0.4 is 9.47 Å². The van der Waals surface area contributed by atoms with Crippen molar-refractivity contribution in [3.8, 4) is 22.8 Å². The summed E-state index contributed by atoms with van der Waals surface area (Å²) >= 11 is 5.89. The Kier molecular flexibility index (Phi) is 6.33. The lowest BCUT2D eigenvalue weighted by Crippen LogP contribution is -1.96. The van der Waals surface area contributed by atoms with Crippen LogP contribution in [-0.2, 0) is 11.4 Å². The number of nitrogens with zero attached hydrogens (tertiary/aromatic N) is 2. The van der Waals surface area contributed by atoms with Crippen LogP contribution in [0.1, 0.15) is 18.2 Å². The summed E-state index contributed by atoms with van der Waals surface area (Å²) in [5, 5.41) is 8.65. The van der Waals surface area contributed by atoms with Crippen molar-refractivity contribution in [2.45, 2.75) is 13.5 Å². The van der Waals surface area contributed by atoms with E-state index < -0.39 is 0 Å². The van der Waals surface area contributed by atoms with Gasteiger partial charge in [0.05, 0.1) is 19.9 Å². The SMILES string of the molecule is CCOc1ccc(/C=N/OCc2cc(-c3ccc(Cl)cc3)no2)cc1OC. The number of hydrogen-bond acceptors (Lipinski definition) is 6. The van der Waals surface area contributed by atoms with Gasteiger partial charge in [0.15, 0.2) is 23.9 Å². The topological polar surface area (TPSA) is 66.1 Å². The molecular weight excluding hydrogens is 368 g/mol. The van der Waals surface area contributed by atoms with Crippen molar-refractivity contribution in [1.82, 2.24) is 5.16 Å². The highest BCUT2D eigenvalue weighted by molar-refractivity contribution is 6.30. The predicted octanol–water partition coefficient (Wildman–Crippen LogP) is 4.95. The third-order valence-corrected chi connectivity index (χ3v) is 3.92. The van der Waals surface area contributed by atoms with Crippen molar-refractivity contribution in [2.24, 2.45) is 5.16 Å². The second-order valence-electron chi connectivity index (χ2n) is 5.54. The maximum atomic E-state index is 5.89. The van der Waals surface area contributed by atoms with Gasteiger partial charge in [0.2, 0.25) is 0 Å². The van der Waals surface area contributed by atoms with Gasteiger partial charge in [0, 0.05) is 22.2 Å². The van der Waals surface area contributed by atoms with Crippen LogP contribution in [0.5, 0.6) is 11.5 Å². The molecule has 1 heterocycles. The number of methoxy groups -OCH3 is 1. The lowest BCUT2D eigenvalue weighted by Gasteiger charge is -2.09. The summed E-state index contributed by atoms with van der Waals surface area (Å²) in [6, 6.07) is 14.7. The normalized spacial score (nSPS) is 10.9. The summed E-state index contributed by atoms with van der Waals surface area (Å²) in [7, 11) is 1.59. The molecule has 0 atom stereocenters. The minimum absolute atomic E-state index is 0.172. The zero-order chi connectivity index (χ0) is 19.1. The molecule has 140 valence electrons. The summed E-state index contributed by atoms with van der Waals surface area (Å²) in [5.74, 6) is 1.90. The molecule has 7 heteroatoms. The molecule has 1 aromatic heterocycles. The van der Waals surface area contributed by atoms with E-state index in [1.165, 1.54) is 0 Å². The molecular formula is C20H19ClN2O4. The van der Waals surface area contributed by atoms with Crippen molar-refractivity contribution in [3.05, 3.63) is 64.9 Å². The number of halogens is 1. The summed E-state index contributed by atoms with van der Waals surface area (Å²) in [6.45, 7) is 2.66. The maximum absolute atomic E-state index is 5.89. The number of benzene rings is 2. The molecule has 0 aliphatic carbocycles. The van der Waals surface area contributed by atoms with Gasteiger partial charge in [-0.1, -0.05) is 34.0 Å². The van der Waals surface area contributed by atoms with E-state index in [1.807, 2.05) is 37.3 Å². The second kappa shape index (κ2) is 9.09. The summed E-state index contributed by atoms with van der Waals surface area (Å²) in [6.07, 6.45) is 1.59. The standard InChI is InChI=1S/C20H19ClN2O4/c1-3-25-19-9-4-14(10-20(19)24-2)12-22-26-13-17-11-18(23-27-17)15-5-7-16(21)8-6-15/h4-12H,3,13H2,1-2H3/b22-12+. The fourth-order valence-electron chi connectivity index (χ4n) is 2.38. The average molecular weight is 387 g/mol. The Balaban J connectivity index is 1.57. The van der Waals surface area contributed by atoms with Crippen LogP contribution in [0.3, 0.4) is 0 Å². The van der Waals surface area contributed by atoms with Gasteiger partial charge in [-0.05, 0) is 37.3 Å². The molecule has 0 unspecified atom stereocenters. The van der Waals surface area contributed by atoms with Crippen molar-refractivity contribution in [2.75, 3.05) is 13.7 Å². The number of ether oxygens (including phenoxy) is 2. The van der Waals surface area contributed by atoms with E-state index in [-0.39, 0.29) is 6.61 Å². The van der Waals surface area contributed by atoms with Crippen LogP contribution in [0, 0.1) is 0 Å². The Morgan fingerprint density at radius 3 is 2.67 bits per heavy atom. The molecule has 0 saturated heterocycles. The van der Waals surface area contributed by atoms with Gasteiger partial charge in [0.1, 0.15) is 5.69 Å². The molecule has 6 nitrogen and oxygen atoms in total. The van der Waals surface area contributed by atoms with Gasteiger partial charge >= 0.3 is 0 Å². The number of aromatic nitrogens is 1. The van der Waals surface area contributed by atoms with Gasteiger partial charge < -0.3 is 18.8 Å². The van der Waals surface area contributed by atoms with Crippen LogP contribution in [0.4, 0.5) is 0 Å². The summed E-state index contributed by atoms with van der Waals surface area (Å²) in [5.41, 5.74) is 2.46. The maximum Gasteiger partial charge on any atom is 0.177 e. The van der Waals surface area contributed by atoms with Crippen molar-refractivity contribution >= 4 is 17.8 Å². The van der Waals surface area contributed by atoms with Crippen LogP contribution in [0.15, 0.2) is 58.2 Å². The van der Waals surface area contributed by atoms with Gasteiger partial charge in [-0.2, -0.15) is 0 Å². The molecule has 0 radical (unpaired) electrons. The second-order valence-corrected chi connectivity index (χ2v) is 5.97. The third-order valence-electron chi connectivity index (χ3n) is 3.67. The average Bonchev–Trinajstić information content (AvgIpc) is 3.16. The Bertz CT molecular complexity index is 907. The van der Waals surface area contributed by atoms with Gasteiger partial charge in [0.25, 0.3) is 0 Å². The van der Waals surface area contributed by atoms with Crippen LogP contribution in [0.25, 0.3) is 11.3 Å². The Morgan fingerprint density at radius 1 is 1.11 bits per heavy atom. The zero-order valence-corrected chi connectivity index (χ0v) is 15.8. The van der Waals surface area contributed by atoms with Gasteiger partial charge in [-0.3, -0.25) is 0 Å². The molecule has 0 fully saturated rings. The summed E-state index contributed by atoms with van der Waals surface area (Å²) < 4.78 is 16.1. The van der Waals surface area contributed by atoms with Gasteiger partial charge in [-0.15, -0.1) is 0 Å². The fourth-order valence-corrected chi connectivity index (χ4v) is 2.50. The van der Waals surface area contributed by atoms with Crippen LogP contribution in [-0.4, -0.2) is 25.1 Å². The van der Waals surface area contributed by atoms with Crippen molar-refractivity contribution in [3.63, 3.8) is 0 Å². The molecule has 0 bridgehead atoms. The highest BCUT2D eigenvalue weighted by atomic mass is 35.5. The van der Waals surface area contributed by atoms with Gasteiger partial charge in [-0.25, -0.2) is 0 Å². The first-order valence-corrected chi connectivity index (χ1v) is 8.75. The summed E-state index contributed by atoms with van der Waals surface area (Å²) in [4.78, 5) is 5.29. The molecule has 0 saturated carbocycles. The smallest absolute Gasteiger partial charge is 0.177 e. The Morgan fingerprint density at radius 2 is 1.93 bits per heavy atom. The quantitative estimate of drug-likeness (QED) is 0.404. The molecule has 0 spiro atoms. The van der Waals surface area contributed by atoms with Crippen LogP contribution >= 0.6 is 11.6 Å².